The molecule has 2 aromatic carbocycles. The van der Waals surface area contributed by atoms with Gasteiger partial charge in [-0.3, -0.25) is 4.98 Å². The third-order valence-corrected chi connectivity index (χ3v) is 2.98. The average Bonchev–Trinajstić information content (AvgIpc) is 2.47. The van der Waals surface area contributed by atoms with Crippen molar-refractivity contribution in [1.29, 1.82) is 0 Å². The highest BCUT2D eigenvalue weighted by molar-refractivity contribution is 5.82. The Kier molecular flexibility index (Phi) is 2.76. The van der Waals surface area contributed by atoms with Gasteiger partial charge in [-0.25, -0.2) is 4.98 Å². The molecule has 0 fully saturated rings. The van der Waals surface area contributed by atoms with E-state index in [-0.39, 0.29) is 0 Å². The van der Waals surface area contributed by atoms with Crippen LogP contribution in [-0.4, -0.2) is 17.1 Å². The van der Waals surface area contributed by atoms with Crippen molar-refractivity contribution in [1.82, 2.24) is 9.97 Å². The fourth-order valence-corrected chi connectivity index (χ4v) is 1.99. The predicted octanol–water partition coefficient (Wildman–Crippen LogP) is 2.89. The molecule has 1 heterocycles. The minimum absolute atomic E-state index is 0.435. The number of aromatic nitrogens is 2. The molecule has 0 radical (unpaired) electrons. The number of benzene rings is 2. The Balaban J connectivity index is 2.06. The summed E-state index contributed by atoms with van der Waals surface area (Å²) in [5.41, 5.74) is 9.46. The highest BCUT2D eigenvalue weighted by atomic mass is 16.5. The average molecular weight is 251 g/mol. The summed E-state index contributed by atoms with van der Waals surface area (Å²) in [4.78, 5) is 8.52. The Bertz CT molecular complexity index is 723. The molecule has 3 rings (SSSR count). The van der Waals surface area contributed by atoms with Gasteiger partial charge in [0.1, 0.15) is 11.6 Å². The van der Waals surface area contributed by atoms with Crippen LogP contribution in [0.1, 0.15) is 0 Å². The van der Waals surface area contributed by atoms with Crippen LogP contribution >= 0.6 is 0 Å². The Morgan fingerprint density at radius 2 is 1.68 bits per heavy atom. The molecular formula is C15H13N3O. The lowest BCUT2D eigenvalue weighted by Gasteiger charge is -2.05. The van der Waals surface area contributed by atoms with E-state index in [1.54, 1.807) is 13.3 Å². The summed E-state index contributed by atoms with van der Waals surface area (Å²) >= 11 is 0. The van der Waals surface area contributed by atoms with Crippen molar-refractivity contribution in [3.8, 4) is 16.9 Å². The van der Waals surface area contributed by atoms with Crippen molar-refractivity contribution < 1.29 is 4.74 Å². The molecule has 0 spiro atoms. The van der Waals surface area contributed by atoms with Crippen LogP contribution in [0.15, 0.2) is 48.7 Å². The van der Waals surface area contributed by atoms with Crippen molar-refractivity contribution >= 4 is 16.9 Å². The first-order chi connectivity index (χ1) is 9.26. The van der Waals surface area contributed by atoms with Gasteiger partial charge in [-0.2, -0.15) is 0 Å². The number of methoxy groups -OCH3 is 1. The third-order valence-electron chi connectivity index (χ3n) is 2.98. The number of anilines is 1. The van der Waals surface area contributed by atoms with Gasteiger partial charge in [0.25, 0.3) is 0 Å². The zero-order chi connectivity index (χ0) is 13.2. The predicted molar refractivity (Wildman–Crippen MR) is 75.9 cm³/mol. The van der Waals surface area contributed by atoms with Crippen molar-refractivity contribution in [2.45, 2.75) is 0 Å². The van der Waals surface area contributed by atoms with Crippen LogP contribution in [0, 0.1) is 0 Å². The second-order valence-electron chi connectivity index (χ2n) is 4.23. The molecule has 4 heteroatoms. The molecule has 0 aliphatic rings. The van der Waals surface area contributed by atoms with E-state index in [9.17, 15) is 0 Å². The number of hydrogen-bond donors (Lipinski definition) is 1. The second-order valence-corrected chi connectivity index (χ2v) is 4.23. The van der Waals surface area contributed by atoms with Crippen molar-refractivity contribution in [3.05, 3.63) is 48.7 Å². The molecule has 1 aromatic heterocycles. The lowest BCUT2D eigenvalue weighted by molar-refractivity contribution is 0.415. The second kappa shape index (κ2) is 4.57. The van der Waals surface area contributed by atoms with E-state index in [4.69, 9.17) is 10.5 Å². The fourth-order valence-electron chi connectivity index (χ4n) is 1.99. The molecule has 0 saturated carbocycles. The van der Waals surface area contributed by atoms with E-state index in [0.29, 0.717) is 5.82 Å². The zero-order valence-corrected chi connectivity index (χ0v) is 10.5. The van der Waals surface area contributed by atoms with Crippen LogP contribution < -0.4 is 10.5 Å². The molecule has 0 atom stereocenters. The van der Waals surface area contributed by atoms with Crippen LogP contribution in [-0.2, 0) is 0 Å². The van der Waals surface area contributed by atoms with Gasteiger partial charge in [0.15, 0.2) is 0 Å². The van der Waals surface area contributed by atoms with Gasteiger partial charge in [-0.05, 0) is 35.4 Å². The summed E-state index contributed by atoms with van der Waals surface area (Å²) in [6.07, 6.45) is 1.57. The van der Waals surface area contributed by atoms with Crippen molar-refractivity contribution in [2.75, 3.05) is 12.8 Å². The molecule has 0 saturated heterocycles. The molecular weight excluding hydrogens is 238 g/mol. The summed E-state index contributed by atoms with van der Waals surface area (Å²) in [5, 5.41) is 0. The Hall–Kier alpha value is -2.62. The summed E-state index contributed by atoms with van der Waals surface area (Å²) in [6, 6.07) is 13.9. The molecule has 94 valence electrons. The fraction of sp³-hybridized carbons (Fsp3) is 0.0667. The minimum atomic E-state index is 0.435. The number of rotatable bonds is 2. The van der Waals surface area contributed by atoms with Crippen LogP contribution in [0.3, 0.4) is 0 Å². The molecule has 0 amide bonds. The van der Waals surface area contributed by atoms with Gasteiger partial charge in [-0.15, -0.1) is 0 Å². The standard InChI is InChI=1S/C15H13N3O/c1-19-12-5-2-10(3-6-12)11-4-7-13-14(8-11)17-9-15(16)18-13/h2-9H,1H3,(H2,16,18). The summed E-state index contributed by atoms with van der Waals surface area (Å²) in [6.45, 7) is 0. The molecule has 0 bridgehead atoms. The van der Waals surface area contributed by atoms with E-state index in [2.05, 4.69) is 9.97 Å². The van der Waals surface area contributed by atoms with Gasteiger partial charge in [0.2, 0.25) is 0 Å². The van der Waals surface area contributed by atoms with Crippen LogP contribution in [0.2, 0.25) is 0 Å². The number of nitrogens with two attached hydrogens (primary N) is 1. The summed E-state index contributed by atoms with van der Waals surface area (Å²) in [5.74, 6) is 1.28. The number of nitrogens with zero attached hydrogens (tertiary/aromatic N) is 2. The third kappa shape index (κ3) is 2.20. The first kappa shape index (κ1) is 11.5. The molecule has 2 N–H and O–H groups in total. The molecule has 0 aliphatic carbocycles. The van der Waals surface area contributed by atoms with Crippen LogP contribution in [0.4, 0.5) is 5.82 Å². The molecule has 0 unspecified atom stereocenters. The van der Waals surface area contributed by atoms with E-state index in [1.807, 2.05) is 42.5 Å². The lowest BCUT2D eigenvalue weighted by atomic mass is 10.0. The maximum Gasteiger partial charge on any atom is 0.142 e. The number of hydrogen-bond acceptors (Lipinski definition) is 4. The molecule has 3 aromatic rings. The smallest absolute Gasteiger partial charge is 0.142 e. The molecule has 0 aliphatic heterocycles. The largest absolute Gasteiger partial charge is 0.497 e. The minimum Gasteiger partial charge on any atom is -0.497 e. The number of fused-ring (bicyclic) bond motifs is 1. The van der Waals surface area contributed by atoms with Crippen LogP contribution in [0.25, 0.3) is 22.2 Å². The Labute approximate surface area is 110 Å². The van der Waals surface area contributed by atoms with Gasteiger partial charge < -0.3 is 10.5 Å². The zero-order valence-electron chi connectivity index (χ0n) is 10.5. The van der Waals surface area contributed by atoms with Gasteiger partial charge in [0, 0.05) is 0 Å². The number of ether oxygens (including phenoxy) is 1. The Morgan fingerprint density at radius 1 is 0.947 bits per heavy atom. The quantitative estimate of drug-likeness (QED) is 0.760. The molecule has 19 heavy (non-hydrogen) atoms. The van der Waals surface area contributed by atoms with Crippen molar-refractivity contribution in [3.63, 3.8) is 0 Å². The maximum atomic E-state index is 5.62. The van der Waals surface area contributed by atoms with E-state index < -0.39 is 0 Å². The Morgan fingerprint density at radius 3 is 2.42 bits per heavy atom. The molecule has 4 nitrogen and oxygen atoms in total. The van der Waals surface area contributed by atoms with E-state index >= 15 is 0 Å². The highest BCUT2D eigenvalue weighted by Crippen LogP contribution is 2.24. The normalized spacial score (nSPS) is 10.6. The van der Waals surface area contributed by atoms with Crippen LogP contribution in [0.5, 0.6) is 5.75 Å². The van der Waals surface area contributed by atoms with Gasteiger partial charge in [0.05, 0.1) is 24.3 Å². The SMILES string of the molecule is COc1ccc(-c2ccc3nc(N)cnc3c2)cc1. The summed E-state index contributed by atoms with van der Waals surface area (Å²) < 4.78 is 5.15. The maximum absolute atomic E-state index is 5.62. The first-order valence-corrected chi connectivity index (χ1v) is 5.93. The van der Waals surface area contributed by atoms with Gasteiger partial charge in [-0.1, -0.05) is 18.2 Å². The monoisotopic (exact) mass is 251 g/mol. The van der Waals surface area contributed by atoms with Gasteiger partial charge >= 0.3 is 0 Å². The topological polar surface area (TPSA) is 61.0 Å². The van der Waals surface area contributed by atoms with E-state index in [1.165, 1.54) is 0 Å². The van der Waals surface area contributed by atoms with E-state index in [0.717, 1.165) is 27.9 Å². The first-order valence-electron chi connectivity index (χ1n) is 5.93. The lowest BCUT2D eigenvalue weighted by Crippen LogP contribution is -1.92. The number of nitrogen functional groups attached to an aromatic ring is 1. The highest BCUT2D eigenvalue weighted by Gasteiger charge is 2.02. The van der Waals surface area contributed by atoms with Crippen molar-refractivity contribution in [2.24, 2.45) is 0 Å². The summed E-state index contributed by atoms with van der Waals surface area (Å²) in [7, 11) is 1.66.